The number of fused-ring (bicyclic) bond motifs is 1. The summed E-state index contributed by atoms with van der Waals surface area (Å²) in [5.74, 6) is 1.32. The number of carbonyl (C=O) groups excluding carboxylic acids is 2. The number of carbonyl (C=O) groups is 2. The lowest BCUT2D eigenvalue weighted by Crippen LogP contribution is -2.52. The molecule has 308 valence electrons. The van der Waals surface area contributed by atoms with Gasteiger partial charge in [-0.2, -0.15) is 0 Å². The van der Waals surface area contributed by atoms with Gasteiger partial charge in [-0.1, -0.05) is 78.3 Å². The summed E-state index contributed by atoms with van der Waals surface area (Å²) in [6, 6.07) is 39.3. The standard InChI is InChI=1S/C50H51ClN4O5/c1-34-38(13-10-16-48(34)58-4)30-54(41-20-17-36(18-21-41)33-60-43-14-6-5-7-15-43)50(57)45-29-47(52(3)35(45)2)46-28-40(51)19-22-44(46)49(56)55-31-39-12-9-8-11-37(39)27-42(55)32-53-23-25-59-26-24-53/h5-22,28-29,42H,23-27,30-33H2,1-4H3/t42-/m0/s1. The second-order valence-electron chi connectivity index (χ2n) is 15.7. The second-order valence-corrected chi connectivity index (χ2v) is 16.1. The third-order valence-corrected chi connectivity index (χ3v) is 12.3. The Labute approximate surface area is 357 Å². The van der Waals surface area contributed by atoms with Gasteiger partial charge in [-0.05, 0) is 103 Å². The van der Waals surface area contributed by atoms with Gasteiger partial charge >= 0.3 is 0 Å². The summed E-state index contributed by atoms with van der Waals surface area (Å²) in [6.45, 7) is 9.00. The zero-order valence-electron chi connectivity index (χ0n) is 34.7. The molecular formula is C50H51ClN4O5. The Morgan fingerprint density at radius 2 is 1.57 bits per heavy atom. The van der Waals surface area contributed by atoms with Gasteiger partial charge in [0.05, 0.1) is 32.4 Å². The minimum absolute atomic E-state index is 0.0220. The van der Waals surface area contributed by atoms with E-state index in [1.54, 1.807) is 18.1 Å². The van der Waals surface area contributed by atoms with E-state index in [9.17, 15) is 4.79 Å². The fraction of sp³-hybridized carbons (Fsp3) is 0.280. The molecule has 2 aliphatic heterocycles. The zero-order chi connectivity index (χ0) is 41.8. The van der Waals surface area contributed by atoms with Crippen molar-refractivity contribution in [2.45, 2.75) is 46.0 Å². The lowest BCUT2D eigenvalue weighted by molar-refractivity contribution is 0.0193. The second kappa shape index (κ2) is 18.2. The van der Waals surface area contributed by atoms with Crippen LogP contribution in [0.2, 0.25) is 5.02 Å². The van der Waals surface area contributed by atoms with E-state index in [0.717, 1.165) is 76.9 Å². The highest BCUT2D eigenvalue weighted by Crippen LogP contribution is 2.35. The molecule has 60 heavy (non-hydrogen) atoms. The van der Waals surface area contributed by atoms with E-state index in [1.807, 2.05) is 127 Å². The van der Waals surface area contributed by atoms with Crippen LogP contribution in [0.15, 0.2) is 121 Å². The molecule has 0 N–H and O–H groups in total. The van der Waals surface area contributed by atoms with Gasteiger partial charge in [-0.25, -0.2) is 0 Å². The van der Waals surface area contributed by atoms with Crippen LogP contribution < -0.4 is 14.4 Å². The summed E-state index contributed by atoms with van der Waals surface area (Å²) < 4.78 is 19.3. The van der Waals surface area contributed by atoms with E-state index in [-0.39, 0.29) is 17.9 Å². The van der Waals surface area contributed by atoms with Gasteiger partial charge in [0.2, 0.25) is 0 Å². The number of hydrogen-bond donors (Lipinski definition) is 0. The maximum atomic E-state index is 15.1. The molecule has 5 aromatic carbocycles. The molecule has 2 aliphatic rings. The maximum absolute atomic E-state index is 15.1. The number of aromatic nitrogens is 1. The normalized spacial score (nSPS) is 15.3. The topological polar surface area (TPSA) is 76.5 Å². The molecule has 0 saturated carbocycles. The number of hydrogen-bond acceptors (Lipinski definition) is 6. The summed E-state index contributed by atoms with van der Waals surface area (Å²) in [5, 5.41) is 0.508. The van der Waals surface area contributed by atoms with Crippen LogP contribution in [0.25, 0.3) is 11.3 Å². The molecule has 0 unspecified atom stereocenters. The average Bonchev–Trinajstić information content (AvgIpc) is 3.58. The van der Waals surface area contributed by atoms with Crippen LogP contribution >= 0.6 is 11.6 Å². The van der Waals surface area contributed by atoms with E-state index >= 15 is 4.79 Å². The van der Waals surface area contributed by atoms with E-state index < -0.39 is 0 Å². The van der Waals surface area contributed by atoms with E-state index in [4.69, 9.17) is 25.8 Å². The number of benzene rings is 5. The lowest BCUT2D eigenvalue weighted by Gasteiger charge is -2.40. The molecule has 0 aliphatic carbocycles. The third kappa shape index (κ3) is 8.70. The number of rotatable bonds is 12. The number of para-hydroxylation sites is 1. The summed E-state index contributed by atoms with van der Waals surface area (Å²) in [5.41, 5.74) is 9.34. The molecule has 1 saturated heterocycles. The Hall–Kier alpha value is -5.87. The number of amides is 2. The average molecular weight is 823 g/mol. The van der Waals surface area contributed by atoms with Gasteiger partial charge in [-0.3, -0.25) is 14.5 Å². The number of anilines is 1. The molecule has 0 bridgehead atoms. The van der Waals surface area contributed by atoms with Crippen molar-refractivity contribution in [3.8, 4) is 22.8 Å². The number of ether oxygens (including phenoxy) is 3. The van der Waals surface area contributed by atoms with Crippen LogP contribution in [0, 0.1) is 13.8 Å². The van der Waals surface area contributed by atoms with Gasteiger partial charge < -0.3 is 28.6 Å². The van der Waals surface area contributed by atoms with Gasteiger partial charge in [0, 0.05) is 72.5 Å². The quantitative estimate of drug-likeness (QED) is 0.123. The largest absolute Gasteiger partial charge is 0.496 e. The van der Waals surface area contributed by atoms with Crippen molar-refractivity contribution in [2.24, 2.45) is 7.05 Å². The first-order valence-electron chi connectivity index (χ1n) is 20.5. The van der Waals surface area contributed by atoms with Gasteiger partial charge in [-0.15, -0.1) is 0 Å². The minimum atomic E-state index is -0.169. The molecule has 1 aromatic heterocycles. The Kier molecular flexibility index (Phi) is 12.4. The highest BCUT2D eigenvalue weighted by atomic mass is 35.5. The van der Waals surface area contributed by atoms with Crippen LogP contribution in [-0.4, -0.2) is 72.2 Å². The molecule has 9 nitrogen and oxygen atoms in total. The molecule has 0 radical (unpaired) electrons. The Balaban J connectivity index is 1.13. The highest BCUT2D eigenvalue weighted by Gasteiger charge is 2.34. The monoisotopic (exact) mass is 822 g/mol. The minimum Gasteiger partial charge on any atom is -0.496 e. The number of morpholine rings is 1. The van der Waals surface area contributed by atoms with Crippen molar-refractivity contribution < 1.29 is 23.8 Å². The van der Waals surface area contributed by atoms with Crippen LogP contribution in [0.4, 0.5) is 5.69 Å². The highest BCUT2D eigenvalue weighted by molar-refractivity contribution is 6.31. The number of methoxy groups -OCH3 is 1. The summed E-state index contributed by atoms with van der Waals surface area (Å²) >= 11 is 6.73. The van der Waals surface area contributed by atoms with Crippen molar-refractivity contribution in [3.63, 3.8) is 0 Å². The van der Waals surface area contributed by atoms with Crippen LogP contribution in [0.1, 0.15) is 54.2 Å². The Morgan fingerprint density at radius 1 is 0.833 bits per heavy atom. The molecule has 8 rings (SSSR count). The fourth-order valence-electron chi connectivity index (χ4n) is 8.42. The first kappa shape index (κ1) is 40.9. The molecule has 1 fully saturated rings. The Morgan fingerprint density at radius 3 is 2.32 bits per heavy atom. The number of halogens is 1. The van der Waals surface area contributed by atoms with E-state index in [0.29, 0.717) is 54.6 Å². The predicted octanol–water partition coefficient (Wildman–Crippen LogP) is 9.30. The molecule has 1 atom stereocenters. The fourth-order valence-corrected chi connectivity index (χ4v) is 8.59. The maximum Gasteiger partial charge on any atom is 0.260 e. The SMILES string of the molecule is COc1cccc(CN(C(=O)c2cc(-c3cc(Cl)ccc3C(=O)N3Cc4ccccc4C[C@H]3CN3CCOCC3)n(C)c2C)c2ccc(COc3ccccc3)cc2)c1C. The molecule has 3 heterocycles. The zero-order valence-corrected chi connectivity index (χ0v) is 35.5. The summed E-state index contributed by atoms with van der Waals surface area (Å²) in [7, 11) is 3.59. The summed E-state index contributed by atoms with van der Waals surface area (Å²) in [6.07, 6.45) is 0.772. The first-order chi connectivity index (χ1) is 29.2. The Bertz CT molecular complexity index is 2480. The van der Waals surface area contributed by atoms with E-state index in [1.165, 1.54) is 5.56 Å². The predicted molar refractivity (Wildman–Crippen MR) is 237 cm³/mol. The van der Waals surface area contributed by atoms with Crippen molar-refractivity contribution in [3.05, 3.63) is 171 Å². The van der Waals surface area contributed by atoms with Crippen molar-refractivity contribution >= 4 is 29.1 Å². The molecule has 0 spiro atoms. The van der Waals surface area contributed by atoms with Crippen molar-refractivity contribution in [1.29, 1.82) is 0 Å². The van der Waals surface area contributed by atoms with Crippen molar-refractivity contribution in [1.82, 2.24) is 14.4 Å². The summed E-state index contributed by atoms with van der Waals surface area (Å²) in [4.78, 5) is 36.3. The van der Waals surface area contributed by atoms with Gasteiger partial charge in [0.25, 0.3) is 11.8 Å². The van der Waals surface area contributed by atoms with Crippen LogP contribution in [0.3, 0.4) is 0 Å². The molecular weight excluding hydrogens is 772 g/mol. The lowest BCUT2D eigenvalue weighted by atomic mass is 9.92. The molecule has 6 aromatic rings. The van der Waals surface area contributed by atoms with Gasteiger partial charge in [0.1, 0.15) is 18.1 Å². The first-order valence-corrected chi connectivity index (χ1v) is 20.9. The third-order valence-electron chi connectivity index (χ3n) is 12.0. The van der Waals surface area contributed by atoms with Crippen LogP contribution in [0.5, 0.6) is 11.5 Å². The molecule has 2 amide bonds. The van der Waals surface area contributed by atoms with Crippen LogP contribution in [-0.2, 0) is 37.9 Å². The van der Waals surface area contributed by atoms with Crippen molar-refractivity contribution in [2.75, 3.05) is 44.9 Å². The number of nitrogens with zero attached hydrogens (tertiary/aromatic N) is 4. The molecule has 10 heteroatoms. The van der Waals surface area contributed by atoms with Gasteiger partial charge in [0.15, 0.2) is 0 Å². The van der Waals surface area contributed by atoms with E-state index in [2.05, 4.69) is 23.1 Å². The smallest absolute Gasteiger partial charge is 0.260 e.